The van der Waals surface area contributed by atoms with Crippen LogP contribution in [0.3, 0.4) is 0 Å². The molecule has 0 bridgehead atoms. The average molecular weight is 483 g/mol. The van der Waals surface area contributed by atoms with Crippen LogP contribution in [0.15, 0.2) is 73.3 Å². The lowest BCUT2D eigenvalue weighted by Gasteiger charge is -2.14. The van der Waals surface area contributed by atoms with Gasteiger partial charge < -0.3 is 4.74 Å². The van der Waals surface area contributed by atoms with Gasteiger partial charge in [-0.3, -0.25) is 0 Å². The number of hydrogen-bond acceptors (Lipinski definition) is 2. The van der Waals surface area contributed by atoms with Crippen LogP contribution >= 0.6 is 0 Å². The quantitative estimate of drug-likeness (QED) is 0.131. The maximum atomic E-state index is 11.4. The topological polar surface area (TPSA) is 26.3 Å². The van der Waals surface area contributed by atoms with E-state index < -0.39 is 0 Å². The Labute approximate surface area is 218 Å². The van der Waals surface area contributed by atoms with Crippen LogP contribution in [0.1, 0.15) is 72.9 Å². The van der Waals surface area contributed by atoms with Crippen LogP contribution in [0.5, 0.6) is 0 Å². The number of carbonyl (C=O) groups excluding carboxylic acids is 1. The summed E-state index contributed by atoms with van der Waals surface area (Å²) >= 11 is 0. The van der Waals surface area contributed by atoms with Crippen LogP contribution in [-0.4, -0.2) is 12.6 Å². The highest BCUT2D eigenvalue weighted by Crippen LogP contribution is 2.28. The van der Waals surface area contributed by atoms with E-state index in [-0.39, 0.29) is 5.97 Å². The predicted octanol–water partition coefficient (Wildman–Crippen LogP) is 8.40. The lowest BCUT2D eigenvalue weighted by molar-refractivity contribution is -0.137. The molecule has 3 aromatic carbocycles. The molecule has 3 rings (SSSR count). The standard InChI is InChI=1S/C34H42O2/c1-5-8-9-10-11-27-13-15-28(16-14-27)17-18-29-19-21-33(30(6-2)24-29)32-20-12-26(4)31(25-32)22-23-36-34(35)7-3/h7,12-16,19-21,24-25H,3,5-6,8-11,17-18,22-23H2,1-2,4H3. The highest BCUT2D eigenvalue weighted by atomic mass is 16.5. The molecule has 190 valence electrons. The first-order chi connectivity index (χ1) is 17.5. The van der Waals surface area contributed by atoms with Gasteiger partial charge in [0.25, 0.3) is 0 Å². The van der Waals surface area contributed by atoms with Crippen molar-refractivity contribution in [1.29, 1.82) is 0 Å². The first kappa shape index (κ1) is 27.5. The third-order valence-corrected chi connectivity index (χ3v) is 7.04. The predicted molar refractivity (Wildman–Crippen MR) is 153 cm³/mol. The molecule has 0 fully saturated rings. The van der Waals surface area contributed by atoms with Crippen molar-refractivity contribution < 1.29 is 9.53 Å². The van der Waals surface area contributed by atoms with Crippen LogP contribution in [0, 0.1) is 6.92 Å². The van der Waals surface area contributed by atoms with E-state index in [1.165, 1.54) is 82.7 Å². The van der Waals surface area contributed by atoms with Crippen molar-refractivity contribution in [3.8, 4) is 11.1 Å². The molecule has 0 unspecified atom stereocenters. The van der Waals surface area contributed by atoms with Crippen LogP contribution in [0.2, 0.25) is 0 Å². The lowest BCUT2D eigenvalue weighted by atomic mass is 9.92. The molecule has 0 spiro atoms. The molecular formula is C34H42O2. The van der Waals surface area contributed by atoms with Crippen LogP contribution in [0.25, 0.3) is 11.1 Å². The average Bonchev–Trinajstić information content (AvgIpc) is 2.91. The number of hydrogen-bond donors (Lipinski definition) is 0. The zero-order chi connectivity index (χ0) is 25.8. The second kappa shape index (κ2) is 14.4. The van der Waals surface area contributed by atoms with E-state index in [4.69, 9.17) is 4.74 Å². The summed E-state index contributed by atoms with van der Waals surface area (Å²) in [6.07, 6.45) is 11.5. The summed E-state index contributed by atoms with van der Waals surface area (Å²) in [4.78, 5) is 11.4. The van der Waals surface area contributed by atoms with Crippen LogP contribution < -0.4 is 0 Å². The summed E-state index contributed by atoms with van der Waals surface area (Å²) in [7, 11) is 0. The van der Waals surface area contributed by atoms with Crippen molar-refractivity contribution in [2.45, 2.75) is 78.6 Å². The Bertz CT molecular complexity index is 1120. The molecule has 0 atom stereocenters. The Morgan fingerprint density at radius 1 is 0.778 bits per heavy atom. The fraction of sp³-hybridized carbons (Fsp3) is 0.382. The molecule has 0 aromatic heterocycles. The third kappa shape index (κ3) is 8.22. The van der Waals surface area contributed by atoms with Gasteiger partial charge in [-0.2, -0.15) is 0 Å². The van der Waals surface area contributed by atoms with Gasteiger partial charge in [0.15, 0.2) is 0 Å². The van der Waals surface area contributed by atoms with Crippen LogP contribution in [0.4, 0.5) is 0 Å². The molecule has 3 aromatic rings. The minimum atomic E-state index is -0.369. The maximum Gasteiger partial charge on any atom is 0.330 e. The van der Waals surface area contributed by atoms with Gasteiger partial charge in [-0.1, -0.05) is 100 Å². The summed E-state index contributed by atoms with van der Waals surface area (Å²) < 4.78 is 5.20. The number of carbonyl (C=O) groups is 1. The van der Waals surface area contributed by atoms with Gasteiger partial charge in [0.1, 0.15) is 0 Å². The molecule has 0 aliphatic carbocycles. The summed E-state index contributed by atoms with van der Waals surface area (Å²) in [5.74, 6) is -0.369. The molecule has 0 saturated carbocycles. The molecule has 0 amide bonds. The van der Waals surface area contributed by atoms with Crippen molar-refractivity contribution in [3.63, 3.8) is 0 Å². The molecule has 2 nitrogen and oxygen atoms in total. The monoisotopic (exact) mass is 482 g/mol. The van der Waals surface area contributed by atoms with E-state index >= 15 is 0 Å². The highest BCUT2D eigenvalue weighted by molar-refractivity contribution is 5.81. The van der Waals surface area contributed by atoms with Gasteiger partial charge in [-0.25, -0.2) is 4.79 Å². The Hall–Kier alpha value is -3.13. The van der Waals surface area contributed by atoms with Gasteiger partial charge in [0.2, 0.25) is 0 Å². The Morgan fingerprint density at radius 2 is 1.47 bits per heavy atom. The van der Waals surface area contributed by atoms with E-state index in [1.807, 2.05) is 0 Å². The van der Waals surface area contributed by atoms with Gasteiger partial charge >= 0.3 is 5.97 Å². The number of rotatable bonds is 14. The number of ether oxygens (including phenoxy) is 1. The molecule has 36 heavy (non-hydrogen) atoms. The van der Waals surface area contributed by atoms with Crippen molar-refractivity contribution in [3.05, 3.63) is 107 Å². The fourth-order valence-electron chi connectivity index (χ4n) is 4.72. The molecule has 0 heterocycles. The van der Waals surface area contributed by atoms with Crippen molar-refractivity contribution >= 4 is 5.97 Å². The highest BCUT2D eigenvalue weighted by Gasteiger charge is 2.09. The minimum absolute atomic E-state index is 0.369. The largest absolute Gasteiger partial charge is 0.462 e. The van der Waals surface area contributed by atoms with E-state index in [0.717, 1.165) is 19.3 Å². The van der Waals surface area contributed by atoms with Crippen molar-refractivity contribution in [1.82, 2.24) is 0 Å². The van der Waals surface area contributed by atoms with Crippen molar-refractivity contribution in [2.75, 3.05) is 6.61 Å². The number of aryl methyl sites for hydroxylation is 5. The van der Waals surface area contributed by atoms with Gasteiger partial charge in [0, 0.05) is 12.5 Å². The first-order valence-corrected chi connectivity index (χ1v) is 13.6. The van der Waals surface area contributed by atoms with Gasteiger partial charge in [-0.15, -0.1) is 0 Å². The first-order valence-electron chi connectivity index (χ1n) is 13.6. The Morgan fingerprint density at radius 3 is 2.17 bits per heavy atom. The number of esters is 1. The molecule has 0 aliphatic rings. The van der Waals surface area contributed by atoms with Crippen LogP contribution in [-0.2, 0) is 41.6 Å². The smallest absolute Gasteiger partial charge is 0.330 e. The van der Waals surface area contributed by atoms with E-state index in [2.05, 4.69) is 88.0 Å². The van der Waals surface area contributed by atoms with E-state index in [1.54, 1.807) is 0 Å². The molecule has 0 N–H and O–H groups in total. The minimum Gasteiger partial charge on any atom is -0.462 e. The lowest BCUT2D eigenvalue weighted by Crippen LogP contribution is -2.05. The SMILES string of the molecule is C=CC(=O)OCCc1cc(-c2ccc(CCc3ccc(CCCCCC)cc3)cc2CC)ccc1C. The molecule has 0 saturated heterocycles. The summed E-state index contributed by atoms with van der Waals surface area (Å²) in [5, 5.41) is 0. The Balaban J connectivity index is 1.63. The zero-order valence-corrected chi connectivity index (χ0v) is 22.4. The molecular weight excluding hydrogens is 440 g/mol. The van der Waals surface area contributed by atoms with Gasteiger partial charge in [-0.05, 0) is 83.5 Å². The summed E-state index contributed by atoms with van der Waals surface area (Å²) in [5.41, 5.74) is 10.6. The normalized spacial score (nSPS) is 10.9. The number of unbranched alkanes of at least 4 members (excludes halogenated alkanes) is 3. The van der Waals surface area contributed by atoms with E-state index in [9.17, 15) is 4.79 Å². The molecule has 2 heteroatoms. The number of benzene rings is 3. The summed E-state index contributed by atoms with van der Waals surface area (Å²) in [6, 6.07) is 22.8. The molecule has 0 radical (unpaired) electrons. The zero-order valence-electron chi connectivity index (χ0n) is 22.4. The maximum absolute atomic E-state index is 11.4. The molecule has 0 aliphatic heterocycles. The summed E-state index contributed by atoms with van der Waals surface area (Å²) in [6.45, 7) is 10.4. The Kier molecular flexibility index (Phi) is 11.0. The third-order valence-electron chi connectivity index (χ3n) is 7.04. The van der Waals surface area contributed by atoms with Crippen molar-refractivity contribution in [2.24, 2.45) is 0 Å². The van der Waals surface area contributed by atoms with Gasteiger partial charge in [0.05, 0.1) is 6.61 Å². The second-order valence-corrected chi connectivity index (χ2v) is 9.74. The fourth-order valence-corrected chi connectivity index (χ4v) is 4.72. The second-order valence-electron chi connectivity index (χ2n) is 9.74. The van der Waals surface area contributed by atoms with E-state index in [0.29, 0.717) is 13.0 Å².